The lowest BCUT2D eigenvalue weighted by molar-refractivity contribution is 0.326. The first-order chi connectivity index (χ1) is 13.5. The van der Waals surface area contributed by atoms with Gasteiger partial charge in [0.15, 0.2) is 0 Å². The standard InChI is InChI=1S/C18H21N5O4S/c1-2-27-17-5-3-4-16(21-17)22-8-10-23(11-9-22)28(25,26)13-6-7-14-15(12-13)20-18(24)19-14/h3-7,12H,2,8-11H2,1H3,(H2,19,20,24). The van der Waals surface area contributed by atoms with Crippen LogP contribution >= 0.6 is 0 Å². The van der Waals surface area contributed by atoms with E-state index in [2.05, 4.69) is 15.0 Å². The smallest absolute Gasteiger partial charge is 0.323 e. The fraction of sp³-hybridized carbons (Fsp3) is 0.333. The number of pyridine rings is 1. The second-order valence-electron chi connectivity index (χ2n) is 6.44. The number of aromatic amines is 2. The van der Waals surface area contributed by atoms with E-state index in [1.807, 2.05) is 24.0 Å². The van der Waals surface area contributed by atoms with Gasteiger partial charge >= 0.3 is 5.69 Å². The van der Waals surface area contributed by atoms with Crippen molar-refractivity contribution >= 4 is 26.9 Å². The minimum Gasteiger partial charge on any atom is -0.478 e. The Hall–Kier alpha value is -2.85. The molecule has 3 aromatic rings. The second-order valence-corrected chi connectivity index (χ2v) is 8.38. The number of fused-ring (bicyclic) bond motifs is 1. The van der Waals surface area contributed by atoms with E-state index in [-0.39, 0.29) is 10.6 Å². The number of hydrogen-bond donors (Lipinski definition) is 2. The van der Waals surface area contributed by atoms with E-state index in [9.17, 15) is 13.2 Å². The Morgan fingerprint density at radius 3 is 2.57 bits per heavy atom. The lowest BCUT2D eigenvalue weighted by atomic mass is 10.3. The Kier molecular flexibility index (Phi) is 4.82. The highest BCUT2D eigenvalue weighted by atomic mass is 32.2. The van der Waals surface area contributed by atoms with E-state index in [4.69, 9.17) is 4.74 Å². The van der Waals surface area contributed by atoms with Crippen LogP contribution in [0.4, 0.5) is 5.82 Å². The molecule has 0 saturated carbocycles. The van der Waals surface area contributed by atoms with Crippen molar-refractivity contribution in [3.8, 4) is 5.88 Å². The van der Waals surface area contributed by atoms with Crippen LogP contribution in [0.1, 0.15) is 6.92 Å². The number of ether oxygens (including phenoxy) is 1. The Bertz CT molecular complexity index is 1150. The number of nitrogens with zero attached hydrogens (tertiary/aromatic N) is 3. The maximum absolute atomic E-state index is 13.0. The molecule has 10 heteroatoms. The van der Waals surface area contributed by atoms with Crippen LogP contribution in [0, 0.1) is 0 Å². The molecule has 9 nitrogen and oxygen atoms in total. The summed E-state index contributed by atoms with van der Waals surface area (Å²) in [5.74, 6) is 1.33. The van der Waals surface area contributed by atoms with Crippen LogP contribution in [0.5, 0.6) is 5.88 Å². The van der Waals surface area contributed by atoms with Gasteiger partial charge in [0.05, 0.1) is 22.5 Å². The maximum atomic E-state index is 13.0. The summed E-state index contributed by atoms with van der Waals surface area (Å²) in [5, 5.41) is 0. The molecular weight excluding hydrogens is 382 g/mol. The zero-order valence-corrected chi connectivity index (χ0v) is 16.2. The largest absolute Gasteiger partial charge is 0.478 e. The third kappa shape index (κ3) is 3.48. The van der Waals surface area contributed by atoms with E-state index in [0.717, 1.165) is 5.82 Å². The maximum Gasteiger partial charge on any atom is 0.323 e. The number of imidazole rings is 1. The molecule has 1 fully saturated rings. The number of sulfonamides is 1. The number of nitrogens with one attached hydrogen (secondary N) is 2. The topological polar surface area (TPSA) is 111 Å². The number of anilines is 1. The normalized spacial score (nSPS) is 15.8. The molecule has 2 N–H and O–H groups in total. The molecule has 3 heterocycles. The third-order valence-electron chi connectivity index (χ3n) is 4.69. The molecule has 0 bridgehead atoms. The zero-order valence-electron chi connectivity index (χ0n) is 15.4. The lowest BCUT2D eigenvalue weighted by Gasteiger charge is -2.34. The summed E-state index contributed by atoms with van der Waals surface area (Å²) >= 11 is 0. The first-order valence-electron chi connectivity index (χ1n) is 9.04. The van der Waals surface area contributed by atoms with Gasteiger partial charge in [0.2, 0.25) is 15.9 Å². The van der Waals surface area contributed by atoms with E-state index in [1.54, 1.807) is 12.1 Å². The van der Waals surface area contributed by atoms with Gasteiger partial charge in [0.25, 0.3) is 0 Å². The molecule has 1 aromatic carbocycles. The summed E-state index contributed by atoms with van der Waals surface area (Å²) < 4.78 is 32.9. The summed E-state index contributed by atoms with van der Waals surface area (Å²) in [6.45, 7) is 4.21. The highest BCUT2D eigenvalue weighted by Gasteiger charge is 2.29. The number of rotatable bonds is 5. The highest BCUT2D eigenvalue weighted by Crippen LogP contribution is 2.23. The minimum absolute atomic E-state index is 0.167. The summed E-state index contributed by atoms with van der Waals surface area (Å²) in [6.07, 6.45) is 0. The number of benzene rings is 1. The summed E-state index contributed by atoms with van der Waals surface area (Å²) in [4.78, 5) is 23.3. The first kappa shape index (κ1) is 18.5. The van der Waals surface area contributed by atoms with Crippen LogP contribution < -0.4 is 15.3 Å². The Morgan fingerprint density at radius 2 is 1.82 bits per heavy atom. The molecule has 0 spiro atoms. The van der Waals surface area contributed by atoms with Gasteiger partial charge in [0, 0.05) is 32.2 Å². The quantitative estimate of drug-likeness (QED) is 0.661. The fourth-order valence-electron chi connectivity index (χ4n) is 3.29. The molecule has 1 aliphatic rings. The molecule has 1 saturated heterocycles. The molecule has 4 rings (SSSR count). The van der Waals surface area contributed by atoms with Crippen LogP contribution in [0.25, 0.3) is 11.0 Å². The van der Waals surface area contributed by atoms with E-state index in [0.29, 0.717) is 49.7 Å². The molecule has 0 amide bonds. The highest BCUT2D eigenvalue weighted by molar-refractivity contribution is 7.89. The van der Waals surface area contributed by atoms with E-state index < -0.39 is 10.0 Å². The van der Waals surface area contributed by atoms with Gasteiger partial charge in [-0.3, -0.25) is 0 Å². The average molecular weight is 403 g/mol. The SMILES string of the molecule is CCOc1cccc(N2CCN(S(=O)(=O)c3ccc4[nH]c(=O)[nH]c4c3)CC2)n1. The molecule has 0 radical (unpaired) electrons. The number of hydrogen-bond acceptors (Lipinski definition) is 6. The van der Waals surface area contributed by atoms with Gasteiger partial charge < -0.3 is 19.6 Å². The van der Waals surface area contributed by atoms with Crippen molar-refractivity contribution in [2.24, 2.45) is 0 Å². The van der Waals surface area contributed by atoms with Gasteiger partial charge in [-0.25, -0.2) is 13.2 Å². The van der Waals surface area contributed by atoms with Gasteiger partial charge in [-0.05, 0) is 31.2 Å². The first-order valence-corrected chi connectivity index (χ1v) is 10.5. The minimum atomic E-state index is -3.64. The van der Waals surface area contributed by atoms with Crippen LogP contribution in [0.15, 0.2) is 46.1 Å². The van der Waals surface area contributed by atoms with Crippen molar-refractivity contribution in [1.82, 2.24) is 19.3 Å². The predicted molar refractivity (Wildman–Crippen MR) is 105 cm³/mol. The number of H-pyrrole nitrogens is 2. The average Bonchev–Trinajstić information content (AvgIpc) is 3.08. The van der Waals surface area contributed by atoms with E-state index >= 15 is 0 Å². The van der Waals surface area contributed by atoms with Crippen LogP contribution in [0.2, 0.25) is 0 Å². The van der Waals surface area contributed by atoms with Gasteiger partial charge in [-0.2, -0.15) is 9.29 Å². The number of aromatic nitrogens is 3. The van der Waals surface area contributed by atoms with Crippen molar-refractivity contribution in [2.45, 2.75) is 11.8 Å². The molecule has 0 aliphatic carbocycles. The molecule has 1 aliphatic heterocycles. The molecular formula is C18H21N5O4S. The molecule has 0 unspecified atom stereocenters. The van der Waals surface area contributed by atoms with Crippen molar-refractivity contribution in [3.05, 3.63) is 46.9 Å². The summed E-state index contributed by atoms with van der Waals surface area (Å²) in [7, 11) is -3.64. The summed E-state index contributed by atoms with van der Waals surface area (Å²) in [6, 6.07) is 10.2. The zero-order chi connectivity index (χ0) is 19.7. The molecule has 2 aromatic heterocycles. The Labute approximate surface area is 162 Å². The molecule has 28 heavy (non-hydrogen) atoms. The predicted octanol–water partition coefficient (Wildman–Crippen LogP) is 1.16. The second kappa shape index (κ2) is 7.28. The molecule has 0 atom stereocenters. The Morgan fingerprint density at radius 1 is 1.07 bits per heavy atom. The van der Waals surface area contributed by atoms with Crippen LogP contribution in [-0.4, -0.2) is 60.5 Å². The molecule has 148 valence electrons. The van der Waals surface area contributed by atoms with Gasteiger partial charge in [-0.15, -0.1) is 0 Å². The summed E-state index contributed by atoms with van der Waals surface area (Å²) in [5.41, 5.74) is 0.690. The van der Waals surface area contributed by atoms with Crippen molar-refractivity contribution in [3.63, 3.8) is 0 Å². The van der Waals surface area contributed by atoms with Crippen molar-refractivity contribution in [1.29, 1.82) is 0 Å². The van der Waals surface area contributed by atoms with Crippen LogP contribution in [-0.2, 0) is 10.0 Å². The number of piperazine rings is 1. The fourth-order valence-corrected chi connectivity index (χ4v) is 4.74. The monoisotopic (exact) mass is 403 g/mol. The lowest BCUT2D eigenvalue weighted by Crippen LogP contribution is -2.48. The van der Waals surface area contributed by atoms with Gasteiger partial charge in [-0.1, -0.05) is 6.07 Å². The van der Waals surface area contributed by atoms with Crippen LogP contribution in [0.3, 0.4) is 0 Å². The van der Waals surface area contributed by atoms with Crippen molar-refractivity contribution in [2.75, 3.05) is 37.7 Å². The van der Waals surface area contributed by atoms with Gasteiger partial charge in [0.1, 0.15) is 5.82 Å². The van der Waals surface area contributed by atoms with E-state index in [1.165, 1.54) is 16.4 Å². The van der Waals surface area contributed by atoms with Crippen molar-refractivity contribution < 1.29 is 13.2 Å². The third-order valence-corrected chi connectivity index (χ3v) is 6.58. The Balaban J connectivity index is 1.50.